The third-order valence-electron chi connectivity index (χ3n) is 1.91. The molecule has 0 spiro atoms. The highest BCUT2D eigenvalue weighted by atomic mass is 32.2. The quantitative estimate of drug-likeness (QED) is 0.475. The van der Waals surface area contributed by atoms with Crippen molar-refractivity contribution in [2.45, 2.75) is 12.3 Å². The molecule has 0 aliphatic carbocycles. The average molecular weight is 186 g/mol. The summed E-state index contributed by atoms with van der Waals surface area (Å²) < 4.78 is 21.0. The molecule has 1 rings (SSSR count). The van der Waals surface area contributed by atoms with E-state index in [0.29, 0.717) is 13.1 Å². The first-order chi connectivity index (χ1) is 5.65. The van der Waals surface area contributed by atoms with Crippen LogP contribution in [0.25, 0.3) is 0 Å². The van der Waals surface area contributed by atoms with E-state index in [9.17, 15) is 8.42 Å². The molecule has 0 radical (unpaired) electrons. The van der Waals surface area contributed by atoms with Crippen LogP contribution in [0.5, 0.6) is 0 Å². The molecule has 12 heavy (non-hydrogen) atoms. The van der Waals surface area contributed by atoms with Crippen molar-refractivity contribution in [1.29, 1.82) is 5.26 Å². The molecule has 1 unspecified atom stereocenters. The first-order valence-electron chi connectivity index (χ1n) is 3.60. The lowest BCUT2D eigenvalue weighted by molar-refractivity contribution is 0.237. The molecule has 0 N–H and O–H groups in total. The summed E-state index contributed by atoms with van der Waals surface area (Å²) in [5.41, 5.74) is 1.00. The molecule has 5 heteroatoms. The van der Waals surface area contributed by atoms with Gasteiger partial charge in [-0.15, -0.1) is 0 Å². The number of hydrogen-bond donors (Lipinski definition) is 1. The molecular weight excluding hydrogens is 176 g/mol. The number of nitrogens with zero attached hydrogens (tertiary/aromatic N) is 2. The van der Waals surface area contributed by atoms with Crippen molar-refractivity contribution in [1.82, 2.24) is 4.90 Å². The SMILES string of the molecule is CC(N1CC(=CC#N)C1)[SH](=O)=O. The summed E-state index contributed by atoms with van der Waals surface area (Å²) in [6.45, 7) is 2.87. The van der Waals surface area contributed by atoms with Gasteiger partial charge >= 0.3 is 0 Å². The molecule has 66 valence electrons. The van der Waals surface area contributed by atoms with E-state index in [1.807, 2.05) is 6.07 Å². The molecule has 0 amide bonds. The van der Waals surface area contributed by atoms with E-state index in [2.05, 4.69) is 0 Å². The number of thiol groups is 1. The Morgan fingerprint density at radius 2 is 2.25 bits per heavy atom. The fourth-order valence-electron chi connectivity index (χ4n) is 1.06. The van der Waals surface area contributed by atoms with Crippen LogP contribution in [-0.2, 0) is 10.7 Å². The van der Waals surface area contributed by atoms with E-state index in [0.717, 1.165) is 5.57 Å². The van der Waals surface area contributed by atoms with E-state index in [4.69, 9.17) is 5.26 Å². The summed E-state index contributed by atoms with van der Waals surface area (Å²) in [6, 6.07) is 1.92. The Labute approximate surface area is 73.0 Å². The smallest absolute Gasteiger partial charge is 0.155 e. The molecule has 1 aliphatic rings. The molecule has 0 bridgehead atoms. The maximum absolute atomic E-state index is 10.5. The highest BCUT2D eigenvalue weighted by Crippen LogP contribution is 2.17. The second-order valence-corrected chi connectivity index (χ2v) is 4.07. The van der Waals surface area contributed by atoms with Gasteiger partial charge in [-0.05, 0) is 12.5 Å². The van der Waals surface area contributed by atoms with Crippen LogP contribution < -0.4 is 0 Å². The van der Waals surface area contributed by atoms with Gasteiger partial charge in [0.05, 0.1) is 6.07 Å². The van der Waals surface area contributed by atoms with Crippen LogP contribution in [0.4, 0.5) is 0 Å². The van der Waals surface area contributed by atoms with Crippen LogP contribution in [0.2, 0.25) is 0 Å². The first-order valence-corrected chi connectivity index (χ1v) is 4.85. The van der Waals surface area contributed by atoms with Gasteiger partial charge < -0.3 is 0 Å². The van der Waals surface area contributed by atoms with Gasteiger partial charge in [0, 0.05) is 19.2 Å². The highest BCUT2D eigenvalue weighted by Gasteiger charge is 2.26. The molecule has 1 aliphatic heterocycles. The Balaban J connectivity index is 2.46. The summed E-state index contributed by atoms with van der Waals surface area (Å²) >= 11 is 0. The van der Waals surface area contributed by atoms with E-state index >= 15 is 0 Å². The Hall–Kier alpha value is -0.860. The number of nitriles is 1. The van der Waals surface area contributed by atoms with E-state index < -0.39 is 16.1 Å². The van der Waals surface area contributed by atoms with Gasteiger partial charge in [-0.25, -0.2) is 8.42 Å². The molecule has 1 heterocycles. The molecule has 0 aromatic heterocycles. The Morgan fingerprint density at radius 1 is 1.67 bits per heavy atom. The molecule has 0 aromatic carbocycles. The van der Waals surface area contributed by atoms with Crippen LogP contribution in [0.1, 0.15) is 6.92 Å². The molecule has 0 aromatic rings. The van der Waals surface area contributed by atoms with Crippen molar-refractivity contribution in [3.63, 3.8) is 0 Å². The molecular formula is C7H10N2O2S. The predicted molar refractivity (Wildman–Crippen MR) is 45.0 cm³/mol. The van der Waals surface area contributed by atoms with Crippen LogP contribution in [0, 0.1) is 11.3 Å². The Kier molecular flexibility index (Phi) is 2.84. The molecule has 4 nitrogen and oxygen atoms in total. The number of likely N-dealkylation sites (tertiary alicyclic amines) is 1. The zero-order valence-corrected chi connectivity index (χ0v) is 7.62. The molecule has 1 fully saturated rings. The summed E-state index contributed by atoms with van der Waals surface area (Å²) in [4.78, 5) is 1.80. The van der Waals surface area contributed by atoms with E-state index in [-0.39, 0.29) is 0 Å². The number of rotatable bonds is 2. The third kappa shape index (κ3) is 1.84. The lowest BCUT2D eigenvalue weighted by atomic mass is 10.1. The fraction of sp³-hybridized carbons (Fsp3) is 0.571. The van der Waals surface area contributed by atoms with Gasteiger partial charge in [-0.2, -0.15) is 5.26 Å². The van der Waals surface area contributed by atoms with Crippen LogP contribution in [0.3, 0.4) is 0 Å². The van der Waals surface area contributed by atoms with Gasteiger partial charge in [0.2, 0.25) is 0 Å². The minimum atomic E-state index is -2.37. The maximum Gasteiger partial charge on any atom is 0.155 e. The lowest BCUT2D eigenvalue weighted by Crippen LogP contribution is -2.46. The summed E-state index contributed by atoms with van der Waals surface area (Å²) in [7, 11) is -2.37. The minimum Gasteiger partial charge on any atom is -0.280 e. The number of allylic oxidation sites excluding steroid dienone is 1. The third-order valence-corrected chi connectivity index (χ3v) is 2.85. The monoisotopic (exact) mass is 186 g/mol. The second-order valence-electron chi connectivity index (χ2n) is 2.75. The minimum absolute atomic E-state index is 0.407. The van der Waals surface area contributed by atoms with Gasteiger partial charge in [0.25, 0.3) is 0 Å². The summed E-state index contributed by atoms with van der Waals surface area (Å²) in [5, 5.41) is 7.86. The Morgan fingerprint density at radius 3 is 2.67 bits per heavy atom. The van der Waals surface area contributed by atoms with Crippen molar-refractivity contribution >= 4 is 10.7 Å². The van der Waals surface area contributed by atoms with Gasteiger partial charge in [-0.3, -0.25) is 4.90 Å². The fourth-order valence-corrected chi connectivity index (χ4v) is 1.49. The van der Waals surface area contributed by atoms with Crippen molar-refractivity contribution in [2.24, 2.45) is 0 Å². The van der Waals surface area contributed by atoms with Crippen LogP contribution in [-0.4, -0.2) is 31.8 Å². The molecule has 1 atom stereocenters. The van der Waals surface area contributed by atoms with E-state index in [1.165, 1.54) is 6.08 Å². The van der Waals surface area contributed by atoms with Gasteiger partial charge in [0.1, 0.15) is 5.37 Å². The topological polar surface area (TPSA) is 61.2 Å². The van der Waals surface area contributed by atoms with Gasteiger partial charge in [-0.1, -0.05) is 0 Å². The van der Waals surface area contributed by atoms with Crippen molar-refractivity contribution in [2.75, 3.05) is 13.1 Å². The van der Waals surface area contributed by atoms with Crippen molar-refractivity contribution in [3.8, 4) is 6.07 Å². The number of hydrogen-bond acceptors (Lipinski definition) is 4. The van der Waals surface area contributed by atoms with Crippen molar-refractivity contribution < 1.29 is 8.42 Å². The largest absolute Gasteiger partial charge is 0.280 e. The van der Waals surface area contributed by atoms with Crippen LogP contribution in [0.15, 0.2) is 11.6 Å². The second kappa shape index (κ2) is 3.70. The van der Waals surface area contributed by atoms with Gasteiger partial charge in [0.15, 0.2) is 10.7 Å². The Bertz CT molecular complexity index is 298. The summed E-state index contributed by atoms with van der Waals surface area (Å²) in [5.74, 6) is 0. The lowest BCUT2D eigenvalue weighted by Gasteiger charge is -2.35. The zero-order chi connectivity index (χ0) is 9.14. The summed E-state index contributed by atoms with van der Waals surface area (Å²) in [6.07, 6.45) is 1.47. The van der Waals surface area contributed by atoms with Crippen LogP contribution >= 0.6 is 0 Å². The molecule has 1 saturated heterocycles. The normalized spacial score (nSPS) is 19.9. The predicted octanol–water partition coefficient (Wildman–Crippen LogP) is -0.291. The average Bonchev–Trinajstić information content (AvgIpc) is 1.94. The van der Waals surface area contributed by atoms with E-state index in [1.54, 1.807) is 11.8 Å². The maximum atomic E-state index is 10.5. The molecule has 0 saturated carbocycles. The van der Waals surface area contributed by atoms with Crippen molar-refractivity contribution in [3.05, 3.63) is 11.6 Å². The first kappa shape index (κ1) is 9.23. The highest BCUT2D eigenvalue weighted by molar-refractivity contribution is 7.73. The zero-order valence-electron chi connectivity index (χ0n) is 6.73. The standard InChI is InChI=1S/C7H10N2O2S/c1-6(12(10)11)9-4-7(5-9)2-3-8/h2,6,12H,4-5H2,1H3.